The maximum Gasteiger partial charge on any atom is 0.410 e. The highest BCUT2D eigenvalue weighted by Gasteiger charge is 2.44. The van der Waals surface area contributed by atoms with Crippen LogP contribution in [0.25, 0.3) is 0 Å². The van der Waals surface area contributed by atoms with E-state index in [-0.39, 0.29) is 86.8 Å². The minimum Gasteiger partial charge on any atom is -0.445 e. The average molecular weight is 1320 g/mol. The molecule has 2 aliphatic rings. The van der Waals surface area contributed by atoms with Crippen LogP contribution in [0.3, 0.4) is 0 Å². The summed E-state index contributed by atoms with van der Waals surface area (Å²) in [7, 11) is 6.08. The van der Waals surface area contributed by atoms with E-state index in [2.05, 4.69) is 31.9 Å². The molecule has 0 saturated carbocycles. The van der Waals surface area contributed by atoms with E-state index in [1.54, 1.807) is 109 Å². The zero-order valence-electron chi connectivity index (χ0n) is 57.4. The van der Waals surface area contributed by atoms with Crippen LogP contribution in [0.5, 0.6) is 0 Å². The minimum atomic E-state index is -1.11. The summed E-state index contributed by atoms with van der Waals surface area (Å²) in [6.07, 6.45) is 2.94. The zero-order chi connectivity index (χ0) is 70.1. The topological polar surface area (TPSA) is 347 Å². The summed E-state index contributed by atoms with van der Waals surface area (Å²) in [5, 5.41) is 27.6. The number of primary amides is 1. The summed E-state index contributed by atoms with van der Waals surface area (Å²) in [5.74, 6) is -6.02. The zero-order valence-corrected chi connectivity index (χ0v) is 57.4. The van der Waals surface area contributed by atoms with Gasteiger partial charge in [0.25, 0.3) is 11.8 Å². The predicted molar refractivity (Wildman–Crippen MR) is 353 cm³/mol. The van der Waals surface area contributed by atoms with E-state index in [0.717, 1.165) is 4.90 Å². The van der Waals surface area contributed by atoms with Gasteiger partial charge in [0.2, 0.25) is 41.4 Å². The van der Waals surface area contributed by atoms with Crippen molar-refractivity contribution in [3.8, 4) is 0 Å². The first-order chi connectivity index (χ1) is 44.5. The van der Waals surface area contributed by atoms with Gasteiger partial charge in [0.1, 0.15) is 30.8 Å². The molecule has 26 nitrogen and oxygen atoms in total. The van der Waals surface area contributed by atoms with Gasteiger partial charge in [-0.3, -0.25) is 53.0 Å². The second-order valence-electron chi connectivity index (χ2n) is 25.8. The van der Waals surface area contributed by atoms with Gasteiger partial charge in [-0.25, -0.2) is 9.59 Å². The molecule has 9 N–H and O–H groups in total. The molecule has 0 bridgehead atoms. The molecule has 2 aromatic carbocycles. The second-order valence-corrected chi connectivity index (χ2v) is 25.8. The molecule has 12 amide bonds. The second kappa shape index (κ2) is 38.4. The summed E-state index contributed by atoms with van der Waals surface area (Å²) < 4.78 is 17.7. The van der Waals surface area contributed by atoms with E-state index in [1.807, 2.05) is 32.0 Å². The van der Waals surface area contributed by atoms with Gasteiger partial charge in [-0.2, -0.15) is 0 Å². The summed E-state index contributed by atoms with van der Waals surface area (Å²) in [5.41, 5.74) is 6.77. The van der Waals surface area contributed by atoms with Crippen molar-refractivity contribution >= 4 is 71.0 Å². The highest BCUT2D eigenvalue weighted by Crippen LogP contribution is 2.31. The third-order valence-corrected chi connectivity index (χ3v) is 17.7. The van der Waals surface area contributed by atoms with Gasteiger partial charge < -0.3 is 66.8 Å². The van der Waals surface area contributed by atoms with Gasteiger partial charge in [-0.05, 0) is 92.4 Å². The molecule has 94 heavy (non-hydrogen) atoms. The van der Waals surface area contributed by atoms with Gasteiger partial charge in [0.15, 0.2) is 0 Å². The number of nitrogens with two attached hydrogens (primary N) is 1. The summed E-state index contributed by atoms with van der Waals surface area (Å²) in [6.45, 7) is 18.6. The lowest BCUT2D eigenvalue weighted by Gasteiger charge is -2.41. The Hall–Kier alpha value is -7.97. The number of nitrogens with one attached hydrogen (secondary N) is 6. The van der Waals surface area contributed by atoms with Crippen LogP contribution in [0.4, 0.5) is 15.3 Å². The monoisotopic (exact) mass is 1320 g/mol. The van der Waals surface area contributed by atoms with Gasteiger partial charge in [-0.15, -0.1) is 0 Å². The number of imide groups is 1. The van der Waals surface area contributed by atoms with Crippen LogP contribution in [0, 0.1) is 29.6 Å². The lowest BCUT2D eigenvalue weighted by atomic mass is 9.89. The fourth-order valence-corrected chi connectivity index (χ4v) is 12.1. The molecular formula is C68H105N11O15. The fraction of sp³-hybridized carbons (Fsp3) is 0.632. The Kier molecular flexibility index (Phi) is 32.1. The number of nitrogens with zero attached hydrogens (tertiary/aromatic N) is 4. The summed E-state index contributed by atoms with van der Waals surface area (Å²) in [6, 6.07) is 8.74. The number of urea groups is 1. The Morgan fingerprint density at radius 3 is 1.93 bits per heavy atom. The van der Waals surface area contributed by atoms with Gasteiger partial charge in [0, 0.05) is 72.2 Å². The van der Waals surface area contributed by atoms with E-state index in [1.165, 1.54) is 38.3 Å². The lowest BCUT2D eigenvalue weighted by Crippen LogP contribution is -2.60. The predicted octanol–water partition coefficient (Wildman–Crippen LogP) is 5.08. The lowest BCUT2D eigenvalue weighted by molar-refractivity contribution is -0.148. The molecule has 4 rings (SSSR count). The SMILES string of the molecule is CC[C@H](C)[C@@H](C(CC(=O)N1CCC[C@H]1[C@H](OC)C(C)C(=O)N[C@H](C)[C@@H](O)c1ccccc1)OC)N(C)C(=O)[C@@H](NC(=O)[C@H](C(C)C)N(C)C(=O)OCc1ccc(NC(=O)[C@H](CCCNC(N)=O)NC(=O)C(NC(=O)CCCCCN2C(=O)C=CC2=O)C(C)C)cc1)C(C)C. The van der Waals surface area contributed by atoms with Crippen molar-refractivity contribution in [2.45, 2.75) is 201 Å². The summed E-state index contributed by atoms with van der Waals surface area (Å²) >= 11 is 0. The number of anilines is 1. The Balaban J connectivity index is 1.37. The average Bonchev–Trinajstić information content (AvgIpc) is 1.33. The molecule has 2 aliphatic heterocycles. The number of methoxy groups -OCH3 is 2. The Bertz CT molecular complexity index is 2880. The molecular weight excluding hydrogens is 1210 g/mol. The van der Waals surface area contributed by atoms with Crippen LogP contribution in [0.1, 0.15) is 151 Å². The molecule has 0 spiro atoms. The number of likely N-dealkylation sites (N-methyl/N-ethyl adjacent to an activating group) is 2. The van der Waals surface area contributed by atoms with E-state index in [4.69, 9.17) is 19.9 Å². The number of benzene rings is 2. The number of unbranched alkanes of at least 4 members (excludes halogenated alkanes) is 2. The number of carbonyl (C=O) groups is 11. The first kappa shape index (κ1) is 78.5. The number of aliphatic hydroxyl groups excluding tert-OH is 1. The molecule has 2 heterocycles. The number of aliphatic hydroxyl groups is 1. The standard InChI is InChI=1S/C68H105N11O15/c1-15-43(8)59(51(92-13)38-55(83)78-37-23-27-50(78)61(93-14)44(9)62(85)71-45(10)60(84)47-24-18-16-19-25-47)76(11)66(89)57(41(4)5)75-65(88)58(42(6)7)77(12)68(91)94-39-46-29-31-48(32-30-46)72-63(86)49(26-22-35-70-67(69)90)73-64(87)56(40(2)3)74-52(80)28-20-17-21-36-79-53(81)33-34-54(79)82/h16,18-19,24-25,29-34,40-45,49-51,56-61,84H,15,17,20-23,26-28,35-39H2,1-14H3,(H,71,85)(H,72,86)(H,73,87)(H,74,80)(H,75,88)(H3,69,70,90)/t43-,44?,45+,49-,50-,51?,56?,57-,58-,59-,60+,61+/m0/s1. The van der Waals surface area contributed by atoms with Crippen molar-refractivity contribution in [3.63, 3.8) is 0 Å². The highest BCUT2D eigenvalue weighted by molar-refractivity contribution is 6.12. The van der Waals surface area contributed by atoms with Gasteiger partial charge >= 0.3 is 12.1 Å². The Morgan fingerprint density at radius 2 is 1.35 bits per heavy atom. The Morgan fingerprint density at radius 1 is 0.713 bits per heavy atom. The van der Waals surface area contributed by atoms with Crippen molar-refractivity contribution in [3.05, 3.63) is 77.9 Å². The smallest absolute Gasteiger partial charge is 0.410 e. The van der Waals surface area contributed by atoms with Gasteiger partial charge in [0.05, 0.1) is 48.8 Å². The molecule has 26 heteroatoms. The third kappa shape index (κ3) is 22.9. The first-order valence-electron chi connectivity index (χ1n) is 32.9. The molecule has 12 atom stereocenters. The van der Waals surface area contributed by atoms with Gasteiger partial charge in [-0.1, -0.05) is 118 Å². The molecule has 3 unspecified atom stereocenters. The molecule has 0 aromatic heterocycles. The molecule has 0 radical (unpaired) electrons. The normalized spacial score (nSPS) is 17.4. The molecule has 2 aromatic rings. The van der Waals surface area contributed by atoms with Crippen molar-refractivity contribution in [2.75, 3.05) is 53.3 Å². The number of rotatable bonds is 38. The number of hydrogen-bond acceptors (Lipinski definition) is 15. The number of hydrogen-bond donors (Lipinski definition) is 8. The number of ether oxygens (including phenoxy) is 3. The molecule has 1 saturated heterocycles. The minimum absolute atomic E-state index is 0.0841. The molecule has 1 fully saturated rings. The van der Waals surface area contributed by atoms with Crippen molar-refractivity contribution in [2.24, 2.45) is 35.3 Å². The van der Waals surface area contributed by atoms with E-state index >= 15 is 0 Å². The van der Waals surface area contributed by atoms with Crippen LogP contribution in [-0.4, -0.2) is 192 Å². The molecule has 522 valence electrons. The van der Waals surface area contributed by atoms with Crippen molar-refractivity contribution in [1.82, 2.24) is 46.2 Å². The maximum absolute atomic E-state index is 14.8. The van der Waals surface area contributed by atoms with E-state index < -0.39 is 114 Å². The quantitative estimate of drug-likeness (QED) is 0.0321. The fourth-order valence-electron chi connectivity index (χ4n) is 12.1. The molecule has 0 aliphatic carbocycles. The van der Waals surface area contributed by atoms with Crippen molar-refractivity contribution < 1.29 is 72.1 Å². The van der Waals surface area contributed by atoms with Crippen molar-refractivity contribution in [1.29, 1.82) is 0 Å². The maximum atomic E-state index is 14.8. The van der Waals surface area contributed by atoms with E-state index in [9.17, 15) is 57.8 Å². The summed E-state index contributed by atoms with van der Waals surface area (Å²) in [4.78, 5) is 152. The van der Waals surface area contributed by atoms with Crippen LogP contribution < -0.4 is 37.6 Å². The number of amides is 12. The van der Waals surface area contributed by atoms with Crippen LogP contribution in [0.15, 0.2) is 66.7 Å². The highest BCUT2D eigenvalue weighted by atomic mass is 16.6. The first-order valence-corrected chi connectivity index (χ1v) is 32.9. The third-order valence-electron chi connectivity index (χ3n) is 17.7. The number of carbonyl (C=O) groups excluding carboxylic acids is 11. The van der Waals surface area contributed by atoms with Crippen LogP contribution in [0.2, 0.25) is 0 Å². The largest absolute Gasteiger partial charge is 0.445 e. The van der Waals surface area contributed by atoms with Crippen LogP contribution >= 0.6 is 0 Å². The van der Waals surface area contributed by atoms with Crippen LogP contribution in [-0.2, 0) is 64.0 Å². The Labute approximate surface area is 554 Å². The number of likely N-dealkylation sites (tertiary alicyclic amines) is 1. The van der Waals surface area contributed by atoms with E-state index in [0.29, 0.717) is 61.9 Å².